The summed E-state index contributed by atoms with van der Waals surface area (Å²) in [6, 6.07) is 12.0. The van der Waals surface area contributed by atoms with Gasteiger partial charge >= 0.3 is 0 Å². The highest BCUT2D eigenvalue weighted by atomic mass is 16.2. The van der Waals surface area contributed by atoms with Crippen LogP contribution < -0.4 is 5.32 Å². The van der Waals surface area contributed by atoms with Gasteiger partial charge in [-0.15, -0.1) is 0 Å². The average Bonchev–Trinajstić information content (AvgIpc) is 3.24. The Bertz CT molecular complexity index is 791. The standard InChI is InChI=1S/C18H21N5O/c1-2-11-23-17(8-10-19-23)18(24)21-16-13-20-22(14-16)12-9-15-6-4-3-5-7-15/h3-8,10,13-14H,2,9,11-12H2,1H3,(H,21,24). The van der Waals surface area contributed by atoms with Gasteiger partial charge in [-0.25, -0.2) is 0 Å². The van der Waals surface area contributed by atoms with E-state index in [1.54, 1.807) is 23.1 Å². The third kappa shape index (κ3) is 3.90. The average molecular weight is 323 g/mol. The molecule has 3 rings (SSSR count). The lowest BCUT2D eigenvalue weighted by molar-refractivity contribution is 0.101. The first-order chi connectivity index (χ1) is 11.8. The molecule has 2 heterocycles. The summed E-state index contributed by atoms with van der Waals surface area (Å²) in [6.07, 6.45) is 7.00. The minimum atomic E-state index is -0.163. The molecule has 6 nitrogen and oxygen atoms in total. The van der Waals surface area contributed by atoms with Gasteiger partial charge in [0.05, 0.1) is 11.9 Å². The number of carbonyl (C=O) groups is 1. The summed E-state index contributed by atoms with van der Waals surface area (Å²) in [5, 5.41) is 11.4. The number of rotatable bonds is 7. The summed E-state index contributed by atoms with van der Waals surface area (Å²) in [5.41, 5.74) is 2.52. The largest absolute Gasteiger partial charge is 0.318 e. The monoisotopic (exact) mass is 323 g/mol. The van der Waals surface area contributed by atoms with E-state index in [1.807, 2.05) is 29.1 Å². The van der Waals surface area contributed by atoms with E-state index in [-0.39, 0.29) is 5.91 Å². The number of benzene rings is 1. The second kappa shape index (κ2) is 7.59. The van der Waals surface area contributed by atoms with E-state index < -0.39 is 0 Å². The van der Waals surface area contributed by atoms with E-state index in [2.05, 4.69) is 34.6 Å². The fourth-order valence-electron chi connectivity index (χ4n) is 2.55. The Kier molecular flexibility index (Phi) is 5.05. The van der Waals surface area contributed by atoms with Gasteiger partial charge in [-0.2, -0.15) is 10.2 Å². The number of carbonyl (C=O) groups excluding carboxylic acids is 1. The van der Waals surface area contributed by atoms with Crippen molar-refractivity contribution in [2.45, 2.75) is 32.9 Å². The highest BCUT2D eigenvalue weighted by Gasteiger charge is 2.12. The number of nitrogens with zero attached hydrogens (tertiary/aromatic N) is 4. The Labute approximate surface area is 141 Å². The summed E-state index contributed by atoms with van der Waals surface area (Å²) in [6.45, 7) is 3.56. The van der Waals surface area contributed by atoms with Crippen molar-refractivity contribution in [1.82, 2.24) is 19.6 Å². The molecule has 0 atom stereocenters. The molecule has 0 spiro atoms. The van der Waals surface area contributed by atoms with Crippen molar-refractivity contribution in [2.24, 2.45) is 0 Å². The molecule has 0 radical (unpaired) electrons. The van der Waals surface area contributed by atoms with Crippen molar-refractivity contribution in [1.29, 1.82) is 0 Å². The SMILES string of the molecule is CCCn1nccc1C(=O)Nc1cnn(CCc2ccccc2)c1. The highest BCUT2D eigenvalue weighted by molar-refractivity contribution is 6.02. The highest BCUT2D eigenvalue weighted by Crippen LogP contribution is 2.10. The van der Waals surface area contributed by atoms with Gasteiger partial charge in [-0.05, 0) is 24.5 Å². The molecule has 0 aliphatic heterocycles. The van der Waals surface area contributed by atoms with Crippen LogP contribution in [0.4, 0.5) is 5.69 Å². The summed E-state index contributed by atoms with van der Waals surface area (Å²) in [5.74, 6) is -0.163. The molecule has 0 aliphatic carbocycles. The quantitative estimate of drug-likeness (QED) is 0.727. The van der Waals surface area contributed by atoms with Crippen LogP contribution in [-0.4, -0.2) is 25.5 Å². The van der Waals surface area contributed by atoms with Crippen LogP contribution in [0.2, 0.25) is 0 Å². The van der Waals surface area contributed by atoms with Gasteiger partial charge < -0.3 is 5.32 Å². The number of hydrogen-bond acceptors (Lipinski definition) is 3. The maximum absolute atomic E-state index is 12.4. The third-order valence-corrected chi connectivity index (χ3v) is 3.75. The Morgan fingerprint density at radius 3 is 2.75 bits per heavy atom. The van der Waals surface area contributed by atoms with Crippen LogP contribution >= 0.6 is 0 Å². The molecule has 0 fully saturated rings. The van der Waals surface area contributed by atoms with Gasteiger partial charge in [0.1, 0.15) is 5.69 Å². The number of hydrogen-bond donors (Lipinski definition) is 1. The molecule has 0 saturated heterocycles. The Hall–Kier alpha value is -2.89. The fraction of sp³-hybridized carbons (Fsp3) is 0.278. The van der Waals surface area contributed by atoms with E-state index in [0.29, 0.717) is 11.4 Å². The molecular formula is C18H21N5O. The predicted octanol–water partition coefficient (Wildman–Crippen LogP) is 2.98. The van der Waals surface area contributed by atoms with Crippen molar-refractivity contribution in [2.75, 3.05) is 5.32 Å². The minimum Gasteiger partial charge on any atom is -0.318 e. The van der Waals surface area contributed by atoms with Gasteiger partial charge in [-0.3, -0.25) is 14.2 Å². The molecule has 1 amide bonds. The lowest BCUT2D eigenvalue weighted by Gasteiger charge is -2.05. The van der Waals surface area contributed by atoms with Crippen LogP contribution in [0.3, 0.4) is 0 Å². The molecule has 3 aromatic rings. The van der Waals surface area contributed by atoms with Crippen LogP contribution in [0.5, 0.6) is 0 Å². The second-order valence-electron chi connectivity index (χ2n) is 5.62. The Morgan fingerprint density at radius 2 is 1.96 bits per heavy atom. The normalized spacial score (nSPS) is 10.7. The third-order valence-electron chi connectivity index (χ3n) is 3.75. The van der Waals surface area contributed by atoms with Crippen LogP contribution in [0.15, 0.2) is 55.0 Å². The number of aromatic nitrogens is 4. The number of aryl methyl sites for hydroxylation is 3. The minimum absolute atomic E-state index is 0.163. The first-order valence-corrected chi connectivity index (χ1v) is 8.16. The molecule has 6 heteroatoms. The molecule has 0 bridgehead atoms. The number of amides is 1. The molecule has 124 valence electrons. The summed E-state index contributed by atoms with van der Waals surface area (Å²) in [7, 11) is 0. The first-order valence-electron chi connectivity index (χ1n) is 8.16. The zero-order valence-corrected chi connectivity index (χ0v) is 13.7. The van der Waals surface area contributed by atoms with Crippen LogP contribution in [0.25, 0.3) is 0 Å². The first kappa shape index (κ1) is 16.0. The van der Waals surface area contributed by atoms with Gasteiger partial charge in [0.2, 0.25) is 0 Å². The molecule has 1 N–H and O–H groups in total. The molecule has 1 aromatic carbocycles. The fourth-order valence-corrected chi connectivity index (χ4v) is 2.55. The van der Waals surface area contributed by atoms with Crippen LogP contribution in [-0.2, 0) is 19.5 Å². The molecule has 24 heavy (non-hydrogen) atoms. The second-order valence-corrected chi connectivity index (χ2v) is 5.62. The zero-order chi connectivity index (χ0) is 16.8. The van der Waals surface area contributed by atoms with E-state index in [9.17, 15) is 4.79 Å². The van der Waals surface area contributed by atoms with Crippen molar-refractivity contribution >= 4 is 11.6 Å². The smallest absolute Gasteiger partial charge is 0.274 e. The molecule has 2 aromatic heterocycles. The zero-order valence-electron chi connectivity index (χ0n) is 13.7. The predicted molar refractivity (Wildman–Crippen MR) is 92.8 cm³/mol. The molecule has 0 saturated carbocycles. The van der Waals surface area contributed by atoms with Crippen LogP contribution in [0, 0.1) is 0 Å². The van der Waals surface area contributed by atoms with Gasteiger partial charge in [0.15, 0.2) is 0 Å². The van der Waals surface area contributed by atoms with Crippen LogP contribution in [0.1, 0.15) is 29.4 Å². The van der Waals surface area contributed by atoms with Gasteiger partial charge in [-0.1, -0.05) is 37.3 Å². The van der Waals surface area contributed by atoms with E-state index >= 15 is 0 Å². The molecular weight excluding hydrogens is 302 g/mol. The van der Waals surface area contributed by atoms with Crippen molar-refractivity contribution in [3.05, 3.63) is 66.2 Å². The Balaban J connectivity index is 1.59. The molecule has 0 unspecified atom stereocenters. The maximum Gasteiger partial charge on any atom is 0.274 e. The van der Waals surface area contributed by atoms with Crippen molar-refractivity contribution < 1.29 is 4.79 Å². The molecule has 0 aliphatic rings. The topological polar surface area (TPSA) is 64.7 Å². The van der Waals surface area contributed by atoms with Gasteiger partial charge in [0.25, 0.3) is 5.91 Å². The summed E-state index contributed by atoms with van der Waals surface area (Å²) >= 11 is 0. The van der Waals surface area contributed by atoms with Gasteiger partial charge in [0, 0.05) is 25.5 Å². The maximum atomic E-state index is 12.4. The lowest BCUT2D eigenvalue weighted by Crippen LogP contribution is -2.17. The van der Waals surface area contributed by atoms with Crippen molar-refractivity contribution in [3.63, 3.8) is 0 Å². The van der Waals surface area contributed by atoms with E-state index in [0.717, 1.165) is 25.9 Å². The Morgan fingerprint density at radius 1 is 1.12 bits per heavy atom. The van der Waals surface area contributed by atoms with E-state index in [1.165, 1.54) is 5.56 Å². The van der Waals surface area contributed by atoms with Crippen molar-refractivity contribution in [3.8, 4) is 0 Å². The lowest BCUT2D eigenvalue weighted by atomic mass is 10.1. The summed E-state index contributed by atoms with van der Waals surface area (Å²) in [4.78, 5) is 12.4. The number of nitrogens with one attached hydrogen (secondary N) is 1. The van der Waals surface area contributed by atoms with E-state index in [4.69, 9.17) is 0 Å². The number of anilines is 1. The summed E-state index contributed by atoms with van der Waals surface area (Å²) < 4.78 is 3.56.